The third-order valence-electron chi connectivity index (χ3n) is 3.03. The molecule has 1 atom stereocenters. The fraction of sp³-hybridized carbons (Fsp3) is 0.529. The highest BCUT2D eigenvalue weighted by atomic mass is 16.5. The highest BCUT2D eigenvalue weighted by Crippen LogP contribution is 2.18. The highest BCUT2D eigenvalue weighted by Gasteiger charge is 2.19. The Morgan fingerprint density at radius 1 is 1.19 bits per heavy atom. The number of esters is 1. The molecule has 0 aliphatic carbocycles. The smallest absolute Gasteiger partial charge is 0.308 e. The molecule has 1 unspecified atom stereocenters. The molecule has 1 amide bonds. The minimum absolute atomic E-state index is 0.0250. The van der Waals surface area contributed by atoms with Gasteiger partial charge in [-0.25, -0.2) is 0 Å². The molecule has 0 bridgehead atoms. The van der Waals surface area contributed by atoms with E-state index in [4.69, 9.17) is 4.74 Å². The van der Waals surface area contributed by atoms with Crippen molar-refractivity contribution in [2.24, 2.45) is 0 Å². The maximum atomic E-state index is 11.9. The predicted molar refractivity (Wildman–Crippen MR) is 82.7 cm³/mol. The first-order chi connectivity index (χ1) is 10.0. The van der Waals surface area contributed by atoms with Crippen LogP contribution in [-0.2, 0) is 14.3 Å². The Morgan fingerprint density at radius 2 is 1.86 bits per heavy atom. The summed E-state index contributed by atoms with van der Waals surface area (Å²) in [7, 11) is 0. The number of benzene rings is 1. The highest BCUT2D eigenvalue weighted by molar-refractivity contribution is 5.78. The SMILES string of the molecule is CCCCC(=O)NC(CC(=O)OC(C)C)c1ccccc1. The van der Waals surface area contributed by atoms with Gasteiger partial charge in [-0.05, 0) is 25.8 Å². The predicted octanol–water partition coefficient (Wildman–Crippen LogP) is 3.38. The second-order valence-corrected chi connectivity index (χ2v) is 5.38. The molecule has 1 aromatic carbocycles. The first-order valence-electron chi connectivity index (χ1n) is 7.56. The Balaban J connectivity index is 2.71. The van der Waals surface area contributed by atoms with Crippen LogP contribution in [0.25, 0.3) is 0 Å². The molecule has 0 spiro atoms. The summed E-state index contributed by atoms with van der Waals surface area (Å²) in [6, 6.07) is 9.19. The van der Waals surface area contributed by atoms with Crippen molar-refractivity contribution in [2.45, 2.75) is 58.6 Å². The molecular weight excluding hydrogens is 266 g/mol. The molecule has 21 heavy (non-hydrogen) atoms. The molecule has 1 rings (SSSR count). The van der Waals surface area contributed by atoms with E-state index in [0.717, 1.165) is 18.4 Å². The quantitative estimate of drug-likeness (QED) is 0.747. The van der Waals surface area contributed by atoms with Crippen LogP contribution >= 0.6 is 0 Å². The third-order valence-corrected chi connectivity index (χ3v) is 3.03. The van der Waals surface area contributed by atoms with E-state index >= 15 is 0 Å². The summed E-state index contributed by atoms with van der Waals surface area (Å²) >= 11 is 0. The van der Waals surface area contributed by atoms with Crippen molar-refractivity contribution in [3.63, 3.8) is 0 Å². The summed E-state index contributed by atoms with van der Waals surface area (Å²) in [6.07, 6.45) is 2.31. The second-order valence-electron chi connectivity index (χ2n) is 5.38. The molecule has 0 aliphatic rings. The number of carbonyl (C=O) groups excluding carboxylic acids is 2. The fourth-order valence-electron chi connectivity index (χ4n) is 2.02. The maximum Gasteiger partial charge on any atom is 0.308 e. The number of rotatable bonds is 8. The topological polar surface area (TPSA) is 55.4 Å². The fourth-order valence-corrected chi connectivity index (χ4v) is 2.02. The lowest BCUT2D eigenvalue weighted by Gasteiger charge is -2.19. The Bertz CT molecular complexity index is 443. The Kier molecular flexibility index (Phi) is 7.51. The first-order valence-corrected chi connectivity index (χ1v) is 7.56. The van der Waals surface area contributed by atoms with Crippen molar-refractivity contribution < 1.29 is 14.3 Å². The van der Waals surface area contributed by atoms with Crippen LogP contribution in [0.5, 0.6) is 0 Å². The van der Waals surface area contributed by atoms with E-state index in [1.54, 1.807) is 0 Å². The van der Waals surface area contributed by atoms with Gasteiger partial charge in [0.15, 0.2) is 0 Å². The summed E-state index contributed by atoms with van der Waals surface area (Å²) in [5.74, 6) is -0.322. The van der Waals surface area contributed by atoms with Gasteiger partial charge < -0.3 is 10.1 Å². The number of amides is 1. The Morgan fingerprint density at radius 3 is 2.43 bits per heavy atom. The van der Waals surface area contributed by atoms with Crippen molar-refractivity contribution in [2.75, 3.05) is 0 Å². The number of ether oxygens (including phenoxy) is 1. The summed E-state index contributed by atoms with van der Waals surface area (Å²) < 4.78 is 5.17. The van der Waals surface area contributed by atoms with Gasteiger partial charge in [-0.2, -0.15) is 0 Å². The Labute approximate surface area is 126 Å². The van der Waals surface area contributed by atoms with Crippen molar-refractivity contribution >= 4 is 11.9 Å². The molecule has 4 heteroatoms. The summed E-state index contributed by atoms with van der Waals surface area (Å²) in [6.45, 7) is 5.67. The van der Waals surface area contributed by atoms with Crippen LogP contribution in [0.4, 0.5) is 0 Å². The molecule has 1 aromatic rings. The third kappa shape index (κ3) is 6.93. The largest absolute Gasteiger partial charge is 0.463 e. The van der Waals surface area contributed by atoms with Crippen LogP contribution < -0.4 is 5.32 Å². The molecule has 0 saturated carbocycles. The van der Waals surface area contributed by atoms with E-state index < -0.39 is 0 Å². The van der Waals surface area contributed by atoms with Crippen molar-refractivity contribution in [1.29, 1.82) is 0 Å². The van der Waals surface area contributed by atoms with Crippen LogP contribution in [0.15, 0.2) is 30.3 Å². The number of hydrogen-bond acceptors (Lipinski definition) is 3. The van der Waals surface area contributed by atoms with Crippen LogP contribution in [0, 0.1) is 0 Å². The van der Waals surface area contributed by atoms with Crippen molar-refractivity contribution in [3.8, 4) is 0 Å². The van der Waals surface area contributed by atoms with Gasteiger partial charge in [0.05, 0.1) is 18.6 Å². The molecule has 0 saturated heterocycles. The van der Waals surface area contributed by atoms with E-state index in [2.05, 4.69) is 5.32 Å². The number of carbonyl (C=O) groups is 2. The van der Waals surface area contributed by atoms with Crippen LogP contribution in [0.3, 0.4) is 0 Å². The summed E-state index contributed by atoms with van der Waals surface area (Å²) in [4.78, 5) is 23.8. The minimum Gasteiger partial charge on any atom is -0.463 e. The second kappa shape index (κ2) is 9.16. The van der Waals surface area contributed by atoms with Gasteiger partial charge in [0.1, 0.15) is 0 Å². The van der Waals surface area contributed by atoms with E-state index in [-0.39, 0.29) is 30.4 Å². The molecule has 0 fully saturated rings. The van der Waals surface area contributed by atoms with Gasteiger partial charge in [-0.1, -0.05) is 43.7 Å². The minimum atomic E-state index is -0.332. The zero-order valence-electron chi connectivity index (χ0n) is 13.1. The van der Waals surface area contributed by atoms with Gasteiger partial charge in [-0.3, -0.25) is 9.59 Å². The van der Waals surface area contributed by atoms with Gasteiger partial charge in [0, 0.05) is 6.42 Å². The van der Waals surface area contributed by atoms with Crippen molar-refractivity contribution in [3.05, 3.63) is 35.9 Å². The van der Waals surface area contributed by atoms with Gasteiger partial charge in [0.25, 0.3) is 0 Å². The van der Waals surface area contributed by atoms with Crippen LogP contribution in [0.1, 0.15) is 58.1 Å². The normalized spacial score (nSPS) is 12.0. The zero-order chi connectivity index (χ0) is 15.7. The van der Waals surface area contributed by atoms with Gasteiger partial charge in [-0.15, -0.1) is 0 Å². The number of nitrogens with one attached hydrogen (secondary N) is 1. The van der Waals surface area contributed by atoms with E-state index in [9.17, 15) is 9.59 Å². The average Bonchev–Trinajstić information content (AvgIpc) is 2.44. The lowest BCUT2D eigenvalue weighted by atomic mass is 10.0. The summed E-state index contributed by atoms with van der Waals surface area (Å²) in [5.41, 5.74) is 0.919. The number of hydrogen-bond donors (Lipinski definition) is 1. The molecule has 116 valence electrons. The lowest BCUT2D eigenvalue weighted by molar-refractivity contribution is -0.148. The van der Waals surface area contributed by atoms with E-state index in [0.29, 0.717) is 6.42 Å². The average molecular weight is 291 g/mol. The van der Waals surface area contributed by atoms with Crippen LogP contribution in [0.2, 0.25) is 0 Å². The molecule has 0 aromatic heterocycles. The van der Waals surface area contributed by atoms with E-state index in [1.807, 2.05) is 51.1 Å². The first kappa shape index (κ1) is 17.2. The number of unbranched alkanes of at least 4 members (excludes halogenated alkanes) is 1. The summed E-state index contributed by atoms with van der Waals surface area (Å²) in [5, 5.41) is 2.93. The lowest BCUT2D eigenvalue weighted by Crippen LogP contribution is -2.30. The molecule has 4 nitrogen and oxygen atoms in total. The van der Waals surface area contributed by atoms with E-state index in [1.165, 1.54) is 0 Å². The van der Waals surface area contributed by atoms with Gasteiger partial charge in [0.2, 0.25) is 5.91 Å². The van der Waals surface area contributed by atoms with Crippen LogP contribution in [-0.4, -0.2) is 18.0 Å². The monoisotopic (exact) mass is 291 g/mol. The van der Waals surface area contributed by atoms with Gasteiger partial charge >= 0.3 is 5.97 Å². The molecule has 0 aliphatic heterocycles. The Hall–Kier alpha value is -1.84. The molecule has 0 radical (unpaired) electrons. The maximum absolute atomic E-state index is 11.9. The molecule has 0 heterocycles. The molecular formula is C17H25NO3. The van der Waals surface area contributed by atoms with Crippen molar-refractivity contribution in [1.82, 2.24) is 5.32 Å². The standard InChI is InChI=1S/C17H25NO3/c1-4-5-11-16(19)18-15(12-17(20)21-13(2)3)14-9-7-6-8-10-14/h6-10,13,15H,4-5,11-12H2,1-3H3,(H,18,19). The zero-order valence-corrected chi connectivity index (χ0v) is 13.1. The molecule has 1 N–H and O–H groups in total.